The molecule has 2 aromatic heterocycles. The highest BCUT2D eigenvalue weighted by Crippen LogP contribution is 2.17. The Labute approximate surface area is 134 Å². The SMILES string of the molecule is Cc1nccn1CCNC(=O)C(C)n1nc2c(cc1=O)CCC2. The number of hydrogen-bond acceptors (Lipinski definition) is 4. The van der Waals surface area contributed by atoms with Crippen molar-refractivity contribution in [3.05, 3.63) is 45.9 Å². The molecule has 0 saturated heterocycles. The number of carbonyl (C=O) groups is 1. The Bertz CT molecular complexity index is 777. The van der Waals surface area contributed by atoms with Gasteiger partial charge in [0.15, 0.2) is 0 Å². The Morgan fingerprint density at radius 1 is 1.43 bits per heavy atom. The quantitative estimate of drug-likeness (QED) is 0.876. The van der Waals surface area contributed by atoms with E-state index in [4.69, 9.17) is 0 Å². The van der Waals surface area contributed by atoms with Crippen LogP contribution in [0, 0.1) is 6.92 Å². The summed E-state index contributed by atoms with van der Waals surface area (Å²) in [5.41, 5.74) is 1.76. The zero-order valence-corrected chi connectivity index (χ0v) is 13.5. The predicted molar refractivity (Wildman–Crippen MR) is 85.2 cm³/mol. The summed E-state index contributed by atoms with van der Waals surface area (Å²) in [6, 6.07) is 1.01. The van der Waals surface area contributed by atoms with E-state index in [0.29, 0.717) is 13.1 Å². The van der Waals surface area contributed by atoms with Gasteiger partial charge in [-0.2, -0.15) is 5.10 Å². The number of amides is 1. The van der Waals surface area contributed by atoms with Crippen molar-refractivity contribution in [1.29, 1.82) is 0 Å². The number of carbonyl (C=O) groups excluding carboxylic acids is 1. The van der Waals surface area contributed by atoms with E-state index in [-0.39, 0.29) is 11.5 Å². The van der Waals surface area contributed by atoms with Crippen LogP contribution in [0.15, 0.2) is 23.3 Å². The summed E-state index contributed by atoms with van der Waals surface area (Å²) in [5.74, 6) is 0.708. The highest BCUT2D eigenvalue weighted by atomic mass is 16.2. The van der Waals surface area contributed by atoms with Crippen LogP contribution in [0.5, 0.6) is 0 Å². The fourth-order valence-corrected chi connectivity index (χ4v) is 2.89. The average molecular weight is 315 g/mol. The number of aromatic nitrogens is 4. The van der Waals surface area contributed by atoms with Gasteiger partial charge < -0.3 is 9.88 Å². The summed E-state index contributed by atoms with van der Waals surface area (Å²) >= 11 is 0. The zero-order chi connectivity index (χ0) is 16.4. The number of imidazole rings is 1. The van der Waals surface area contributed by atoms with Crippen LogP contribution in [0.2, 0.25) is 0 Å². The van der Waals surface area contributed by atoms with Crippen LogP contribution in [0.4, 0.5) is 0 Å². The summed E-state index contributed by atoms with van der Waals surface area (Å²) in [5, 5.41) is 7.23. The van der Waals surface area contributed by atoms with Gasteiger partial charge in [-0.05, 0) is 38.7 Å². The molecule has 0 aromatic carbocycles. The third kappa shape index (κ3) is 3.18. The minimum Gasteiger partial charge on any atom is -0.352 e. The van der Waals surface area contributed by atoms with E-state index in [1.54, 1.807) is 19.2 Å². The smallest absolute Gasteiger partial charge is 0.267 e. The largest absolute Gasteiger partial charge is 0.352 e. The first kappa shape index (κ1) is 15.5. The fourth-order valence-electron chi connectivity index (χ4n) is 2.89. The normalized spacial score (nSPS) is 14.5. The predicted octanol–water partition coefficient (Wildman–Crippen LogP) is 0.614. The molecule has 122 valence electrons. The number of hydrogen-bond donors (Lipinski definition) is 1. The van der Waals surface area contributed by atoms with Gasteiger partial charge in [0.1, 0.15) is 11.9 Å². The van der Waals surface area contributed by atoms with Crippen LogP contribution in [-0.2, 0) is 24.2 Å². The van der Waals surface area contributed by atoms with E-state index in [1.165, 1.54) is 4.68 Å². The van der Waals surface area contributed by atoms with Crippen LogP contribution in [0.25, 0.3) is 0 Å². The zero-order valence-electron chi connectivity index (χ0n) is 13.5. The summed E-state index contributed by atoms with van der Waals surface area (Å²) in [7, 11) is 0. The van der Waals surface area contributed by atoms with Gasteiger partial charge in [0, 0.05) is 31.5 Å². The molecule has 2 aromatic rings. The maximum absolute atomic E-state index is 12.3. The first-order chi connectivity index (χ1) is 11.1. The van der Waals surface area contributed by atoms with Gasteiger partial charge in [-0.15, -0.1) is 0 Å². The van der Waals surface area contributed by atoms with Crippen molar-refractivity contribution in [1.82, 2.24) is 24.6 Å². The van der Waals surface area contributed by atoms with Crippen LogP contribution in [0.3, 0.4) is 0 Å². The Morgan fingerprint density at radius 3 is 3.00 bits per heavy atom. The van der Waals surface area contributed by atoms with Gasteiger partial charge in [-0.3, -0.25) is 9.59 Å². The molecule has 0 radical (unpaired) electrons. The monoisotopic (exact) mass is 315 g/mol. The molecule has 1 N–H and O–H groups in total. The Morgan fingerprint density at radius 2 is 2.26 bits per heavy atom. The summed E-state index contributed by atoms with van der Waals surface area (Å²) in [6.45, 7) is 4.75. The molecular formula is C16H21N5O2. The van der Waals surface area contributed by atoms with Crippen LogP contribution in [0.1, 0.15) is 36.5 Å². The van der Waals surface area contributed by atoms with E-state index in [2.05, 4.69) is 15.4 Å². The van der Waals surface area contributed by atoms with Gasteiger partial charge in [0.05, 0.1) is 5.69 Å². The van der Waals surface area contributed by atoms with Gasteiger partial charge in [-0.25, -0.2) is 9.67 Å². The maximum atomic E-state index is 12.3. The molecular weight excluding hydrogens is 294 g/mol. The van der Waals surface area contributed by atoms with Crippen molar-refractivity contribution in [2.24, 2.45) is 0 Å². The third-order valence-corrected chi connectivity index (χ3v) is 4.30. The number of aryl methyl sites for hydroxylation is 3. The molecule has 1 aliphatic carbocycles. The molecule has 7 nitrogen and oxygen atoms in total. The Kier molecular flexibility index (Phi) is 4.27. The number of fused-ring (bicyclic) bond motifs is 1. The molecule has 1 unspecified atom stereocenters. The van der Waals surface area contributed by atoms with Gasteiger partial charge in [0.25, 0.3) is 5.56 Å². The molecule has 0 saturated carbocycles. The molecule has 0 spiro atoms. The fraction of sp³-hybridized carbons (Fsp3) is 0.500. The number of nitrogens with zero attached hydrogens (tertiary/aromatic N) is 4. The van der Waals surface area contributed by atoms with Crippen LogP contribution in [-0.4, -0.2) is 31.8 Å². The van der Waals surface area contributed by atoms with Crippen molar-refractivity contribution in [2.45, 2.75) is 45.7 Å². The maximum Gasteiger partial charge on any atom is 0.267 e. The lowest BCUT2D eigenvalue weighted by Crippen LogP contribution is -2.38. The first-order valence-electron chi connectivity index (χ1n) is 7.93. The molecule has 0 aliphatic heterocycles. The number of nitrogens with one attached hydrogen (secondary N) is 1. The lowest BCUT2D eigenvalue weighted by molar-refractivity contribution is -0.124. The number of rotatable bonds is 5. The molecule has 1 amide bonds. The second kappa shape index (κ2) is 6.36. The summed E-state index contributed by atoms with van der Waals surface area (Å²) in [6.07, 6.45) is 6.41. The molecule has 1 atom stereocenters. The average Bonchev–Trinajstić information content (AvgIpc) is 3.14. The van der Waals surface area contributed by atoms with E-state index in [1.807, 2.05) is 17.7 Å². The van der Waals surface area contributed by atoms with Crippen molar-refractivity contribution in [3.8, 4) is 0 Å². The van der Waals surface area contributed by atoms with Gasteiger partial charge in [-0.1, -0.05) is 0 Å². The Balaban J connectivity index is 1.63. The van der Waals surface area contributed by atoms with Crippen LogP contribution < -0.4 is 10.9 Å². The molecule has 23 heavy (non-hydrogen) atoms. The van der Waals surface area contributed by atoms with E-state index in [9.17, 15) is 9.59 Å². The minimum atomic E-state index is -0.614. The van der Waals surface area contributed by atoms with E-state index in [0.717, 1.165) is 36.3 Å². The van der Waals surface area contributed by atoms with Gasteiger partial charge >= 0.3 is 0 Å². The van der Waals surface area contributed by atoms with E-state index >= 15 is 0 Å². The highest BCUT2D eigenvalue weighted by Gasteiger charge is 2.21. The molecule has 7 heteroatoms. The lowest BCUT2D eigenvalue weighted by Gasteiger charge is -2.15. The van der Waals surface area contributed by atoms with Crippen molar-refractivity contribution in [3.63, 3.8) is 0 Å². The minimum absolute atomic E-state index is 0.199. The van der Waals surface area contributed by atoms with E-state index < -0.39 is 6.04 Å². The van der Waals surface area contributed by atoms with Crippen molar-refractivity contribution < 1.29 is 4.79 Å². The summed E-state index contributed by atoms with van der Waals surface area (Å²) in [4.78, 5) is 28.5. The second-order valence-corrected chi connectivity index (χ2v) is 5.89. The lowest BCUT2D eigenvalue weighted by atomic mass is 10.2. The molecule has 1 aliphatic rings. The first-order valence-corrected chi connectivity index (χ1v) is 7.93. The summed E-state index contributed by atoms with van der Waals surface area (Å²) < 4.78 is 3.26. The highest BCUT2D eigenvalue weighted by molar-refractivity contribution is 5.79. The van der Waals surface area contributed by atoms with Crippen molar-refractivity contribution >= 4 is 5.91 Å². The topological polar surface area (TPSA) is 81.8 Å². The molecule has 3 rings (SSSR count). The molecule has 0 bridgehead atoms. The standard InChI is InChI=1S/C16H21N5O2/c1-11(16(23)18-7-9-20-8-6-17-12(20)2)21-15(22)10-13-4-3-5-14(13)19-21/h6,8,10-11H,3-5,7,9H2,1-2H3,(H,18,23). The Hall–Kier alpha value is -2.44. The third-order valence-electron chi connectivity index (χ3n) is 4.30. The van der Waals surface area contributed by atoms with Crippen molar-refractivity contribution in [2.75, 3.05) is 6.54 Å². The van der Waals surface area contributed by atoms with Gasteiger partial charge in [0.2, 0.25) is 5.91 Å². The molecule has 2 heterocycles. The second-order valence-electron chi connectivity index (χ2n) is 5.89. The van der Waals surface area contributed by atoms with Crippen LogP contribution >= 0.6 is 0 Å². The molecule has 0 fully saturated rings.